The summed E-state index contributed by atoms with van der Waals surface area (Å²) in [6.45, 7) is 1.84. The molecule has 0 heterocycles. The van der Waals surface area contributed by atoms with Gasteiger partial charge in [0.2, 0.25) is 0 Å². The molecule has 0 spiro atoms. The fourth-order valence-corrected chi connectivity index (χ4v) is 8.34. The van der Waals surface area contributed by atoms with Crippen molar-refractivity contribution in [3.63, 3.8) is 0 Å². The van der Waals surface area contributed by atoms with Crippen LogP contribution in [-0.2, 0) is 0 Å². The molecule has 0 fully saturated rings. The van der Waals surface area contributed by atoms with E-state index >= 15 is 0 Å². The van der Waals surface area contributed by atoms with Crippen LogP contribution in [-0.4, -0.2) is 24.6 Å². The van der Waals surface area contributed by atoms with Crippen molar-refractivity contribution in [1.82, 2.24) is 0 Å². The van der Waals surface area contributed by atoms with E-state index in [-0.39, 0.29) is 23.2 Å². The number of hydrogen-bond donors (Lipinski definition) is 0. The monoisotopic (exact) mass is 432 g/mol. The summed E-state index contributed by atoms with van der Waals surface area (Å²) in [4.78, 5) is 0. The molecule has 0 saturated carbocycles. The molecule has 0 aromatic carbocycles. The zero-order valence-corrected chi connectivity index (χ0v) is 19.7. The minimum absolute atomic E-state index is 0.237. The average molecular weight is 432 g/mol. The molecule has 0 bridgehead atoms. The number of nitriles is 4. The fourth-order valence-electron chi connectivity index (χ4n) is 2.78. The first-order valence-corrected chi connectivity index (χ1v) is 15.2. The minimum atomic E-state index is -7.59. The van der Waals surface area contributed by atoms with Crippen molar-refractivity contribution in [3.8, 4) is 23.2 Å². The van der Waals surface area contributed by atoms with Crippen LogP contribution in [0.1, 0.15) is 79.1 Å². The Labute approximate surface area is 170 Å². The van der Waals surface area contributed by atoms with Crippen molar-refractivity contribution in [2.24, 2.45) is 0 Å². The Morgan fingerprint density at radius 2 is 0.786 bits per heavy atom. The van der Waals surface area contributed by atoms with E-state index in [9.17, 15) is 8.39 Å². The molecule has 8 heteroatoms. The Bertz CT molecular complexity index is 536. The van der Waals surface area contributed by atoms with E-state index in [0.717, 1.165) is 0 Å². The van der Waals surface area contributed by atoms with Gasteiger partial charge in [-0.1, -0.05) is 53.4 Å². The predicted molar refractivity (Wildman–Crippen MR) is 118 cm³/mol. The summed E-state index contributed by atoms with van der Waals surface area (Å²) in [6.07, 6.45) is 17.9. The Morgan fingerprint density at radius 3 is 0.893 bits per heavy atom. The molecule has 0 unspecified atom stereocenters. The number of halogens is 2. The van der Waals surface area contributed by atoms with Gasteiger partial charge < -0.3 is 0 Å². The molecule has 0 aliphatic rings. The molecule has 0 amide bonds. The molecule has 0 aliphatic heterocycles. The summed E-state index contributed by atoms with van der Waals surface area (Å²) in [6, 6.07) is 0. The van der Waals surface area contributed by atoms with Gasteiger partial charge in [0.05, 0.1) is 24.6 Å². The van der Waals surface area contributed by atoms with E-state index in [1.807, 2.05) is 0 Å². The second-order valence-corrected chi connectivity index (χ2v) is 15.6. The predicted octanol–water partition coefficient (Wildman–Crippen LogP) is 7.97. The quantitative estimate of drug-likeness (QED) is 0.292. The van der Waals surface area contributed by atoms with E-state index in [0.29, 0.717) is 0 Å². The molecule has 0 rings (SSSR count). The number of unbranched alkanes of at least 4 members (excludes halogenated alkanes) is 4. The Balaban J connectivity index is 0. The van der Waals surface area contributed by atoms with Gasteiger partial charge in [-0.2, -0.15) is 0 Å². The third kappa shape index (κ3) is 9.25. The molecule has 0 aromatic rings. The molecule has 28 heavy (non-hydrogen) atoms. The molecule has 0 saturated heterocycles. The molecule has 0 aromatic heterocycles. The average Bonchev–Trinajstić information content (AvgIpc) is 2.74. The van der Waals surface area contributed by atoms with Crippen molar-refractivity contribution in [3.05, 3.63) is 0 Å². The molecular weight excluding hydrogens is 396 g/mol. The van der Waals surface area contributed by atoms with Crippen LogP contribution >= 0.6 is 13.8 Å². The van der Waals surface area contributed by atoms with Gasteiger partial charge in [-0.25, -0.2) is 0 Å². The summed E-state index contributed by atoms with van der Waals surface area (Å²) in [7, 11) is -0.562. The first-order valence-electron chi connectivity index (χ1n) is 10.2. The molecule has 160 valence electrons. The third-order valence-electron chi connectivity index (χ3n) is 4.85. The van der Waals surface area contributed by atoms with Gasteiger partial charge in [-0.3, -0.25) is 0 Å². The topological polar surface area (TPSA) is 95.2 Å². The van der Waals surface area contributed by atoms with Crippen LogP contribution in [0.25, 0.3) is 0 Å². The molecule has 0 radical (unpaired) electrons. The molecule has 0 N–H and O–H groups in total. The van der Waals surface area contributed by atoms with E-state index < -0.39 is 13.8 Å². The summed E-state index contributed by atoms with van der Waals surface area (Å²) < 4.78 is 25.6. The second-order valence-electron chi connectivity index (χ2n) is 7.46. The molecule has 0 atom stereocenters. The van der Waals surface area contributed by atoms with Gasteiger partial charge in [-0.05, 0) is 25.7 Å². The fraction of sp³-hybridized carbons (Fsp3) is 0.800. The number of hydrogen-bond acceptors (Lipinski definition) is 4. The van der Waals surface area contributed by atoms with Crippen molar-refractivity contribution >= 4 is 13.8 Å². The van der Waals surface area contributed by atoms with Crippen LogP contribution in [0.5, 0.6) is 0 Å². The first-order chi connectivity index (χ1) is 13.0. The number of rotatable bonds is 12. The van der Waals surface area contributed by atoms with Crippen molar-refractivity contribution in [2.45, 2.75) is 79.1 Å². The van der Waals surface area contributed by atoms with Gasteiger partial charge in [-0.15, -0.1) is 0 Å². The van der Waals surface area contributed by atoms with E-state index in [2.05, 4.69) is 27.7 Å². The Kier molecular flexibility index (Phi) is 12.7. The van der Waals surface area contributed by atoms with Crippen molar-refractivity contribution < 1.29 is 8.39 Å². The number of nitrogens with zero attached hydrogens (tertiary/aromatic N) is 4. The first kappa shape index (κ1) is 28.9. The van der Waals surface area contributed by atoms with Crippen molar-refractivity contribution in [1.29, 1.82) is 21.0 Å². The van der Waals surface area contributed by atoms with Crippen LogP contribution < -0.4 is 0 Å². The molecule has 0 aliphatic carbocycles. The van der Waals surface area contributed by atoms with Crippen molar-refractivity contribution in [2.75, 3.05) is 24.6 Å². The van der Waals surface area contributed by atoms with Gasteiger partial charge in [0.1, 0.15) is 0 Å². The summed E-state index contributed by atoms with van der Waals surface area (Å²) in [5.41, 5.74) is 0. The summed E-state index contributed by atoms with van der Waals surface area (Å²) in [5, 5.41) is 31.6. The van der Waals surface area contributed by atoms with Gasteiger partial charge in [0.25, 0.3) is 0 Å². The summed E-state index contributed by atoms with van der Waals surface area (Å²) >= 11 is 0. The van der Waals surface area contributed by atoms with Gasteiger partial charge in [0.15, 0.2) is 0 Å². The molecular formula is C20H36F2N4P2. The summed E-state index contributed by atoms with van der Waals surface area (Å²) in [5.74, 6) is 0.949. The van der Waals surface area contributed by atoms with E-state index in [4.69, 9.17) is 21.0 Å². The zero-order valence-electron chi connectivity index (χ0n) is 17.9. The van der Waals surface area contributed by atoms with E-state index in [1.165, 1.54) is 51.4 Å². The van der Waals surface area contributed by atoms with Gasteiger partial charge >= 0.3 is 59.2 Å². The van der Waals surface area contributed by atoms with Crippen LogP contribution in [0.2, 0.25) is 0 Å². The second kappa shape index (κ2) is 12.3. The van der Waals surface area contributed by atoms with Crippen LogP contribution in [0, 0.1) is 44.3 Å². The zero-order chi connectivity index (χ0) is 22.2. The van der Waals surface area contributed by atoms with Crippen LogP contribution in [0.3, 0.4) is 0 Å². The maximum atomic E-state index is 12.8. The normalized spacial score (nSPS) is 13.4. The SMILES string of the molecule is CCCC[P+](CCCC)(CCCC)CCCC.N#C[P-](F)(F)(C#N)(C#N)C#N. The van der Waals surface area contributed by atoms with Crippen LogP contribution in [0.15, 0.2) is 0 Å². The standard InChI is InChI=1S/C16H36P.C4F2N4P/c1-5-9-13-17(14-10-6-2,15-11-7-3)16-12-8-4;5-11(6,1-7,2-8,3-9)4-10/h5-16H2,1-4H3;/q+1;-1. The van der Waals surface area contributed by atoms with Crippen LogP contribution in [0.4, 0.5) is 8.39 Å². The third-order valence-corrected chi connectivity index (χ3v) is 11.7. The van der Waals surface area contributed by atoms with E-state index in [1.54, 1.807) is 24.6 Å². The van der Waals surface area contributed by atoms with Gasteiger partial charge in [0, 0.05) is 7.26 Å². The maximum absolute atomic E-state index is 12.8. The molecule has 4 nitrogen and oxygen atoms in total. The Hall–Kier alpha value is -1.32. The Morgan fingerprint density at radius 1 is 0.571 bits per heavy atom.